The smallest absolute Gasteiger partial charge is 0.191 e. The Hall–Kier alpha value is -1.86. The number of thioether (sulfide) groups is 1. The monoisotopic (exact) mass is 421 g/mol. The van der Waals surface area contributed by atoms with E-state index in [9.17, 15) is 4.39 Å². The van der Waals surface area contributed by atoms with Gasteiger partial charge < -0.3 is 9.30 Å². The Bertz CT molecular complexity index is 885. The van der Waals surface area contributed by atoms with Gasteiger partial charge in [-0.1, -0.05) is 45.9 Å². The minimum Gasteiger partial charge on any atom is -0.496 e. The second-order valence-electron chi connectivity index (χ2n) is 5.28. The van der Waals surface area contributed by atoms with Gasteiger partial charge in [-0.15, -0.1) is 10.2 Å². The summed E-state index contributed by atoms with van der Waals surface area (Å²) in [6.45, 7) is 2.80. The van der Waals surface area contributed by atoms with Gasteiger partial charge in [0, 0.05) is 16.8 Å². The molecule has 3 rings (SSSR count). The maximum atomic E-state index is 13.2. The molecule has 0 saturated heterocycles. The molecule has 4 nitrogen and oxygen atoms in total. The van der Waals surface area contributed by atoms with Gasteiger partial charge in [0.05, 0.1) is 12.7 Å². The SMILES string of the molecule is CCn1c(SCc2ccc(F)cc2Br)nnc1-c1ccccc1OC. The molecule has 0 saturated carbocycles. The molecule has 0 amide bonds. The average Bonchev–Trinajstić information content (AvgIpc) is 3.03. The molecule has 3 aromatic rings. The van der Waals surface area contributed by atoms with E-state index in [-0.39, 0.29) is 5.82 Å². The zero-order chi connectivity index (χ0) is 17.8. The van der Waals surface area contributed by atoms with Crippen LogP contribution < -0.4 is 4.74 Å². The van der Waals surface area contributed by atoms with E-state index in [1.165, 1.54) is 12.1 Å². The fraction of sp³-hybridized carbons (Fsp3) is 0.222. The number of hydrogen-bond donors (Lipinski definition) is 0. The molecule has 0 fully saturated rings. The molecular weight excluding hydrogens is 405 g/mol. The number of halogens is 2. The van der Waals surface area contributed by atoms with Crippen LogP contribution in [0.15, 0.2) is 52.1 Å². The lowest BCUT2D eigenvalue weighted by molar-refractivity contribution is 0.416. The van der Waals surface area contributed by atoms with Crippen molar-refractivity contribution in [3.05, 3.63) is 58.3 Å². The first kappa shape index (κ1) is 17.9. The van der Waals surface area contributed by atoms with Crippen LogP contribution >= 0.6 is 27.7 Å². The predicted molar refractivity (Wildman–Crippen MR) is 101 cm³/mol. The van der Waals surface area contributed by atoms with Crippen molar-refractivity contribution in [3.8, 4) is 17.1 Å². The summed E-state index contributed by atoms with van der Waals surface area (Å²) in [6, 6.07) is 12.5. The molecule has 0 N–H and O–H groups in total. The van der Waals surface area contributed by atoms with E-state index in [4.69, 9.17) is 4.74 Å². The van der Waals surface area contributed by atoms with Crippen LogP contribution in [0.5, 0.6) is 5.75 Å². The highest BCUT2D eigenvalue weighted by Crippen LogP contribution is 2.32. The summed E-state index contributed by atoms with van der Waals surface area (Å²) in [7, 11) is 1.65. The third-order valence-corrected chi connectivity index (χ3v) is 5.51. The first-order chi connectivity index (χ1) is 12.1. The van der Waals surface area contributed by atoms with Crippen molar-refractivity contribution in [1.29, 1.82) is 0 Å². The average molecular weight is 422 g/mol. The molecule has 0 spiro atoms. The maximum absolute atomic E-state index is 13.2. The van der Waals surface area contributed by atoms with Crippen molar-refractivity contribution in [2.24, 2.45) is 0 Å². The van der Waals surface area contributed by atoms with Crippen LogP contribution in [-0.2, 0) is 12.3 Å². The number of nitrogens with zero attached hydrogens (tertiary/aromatic N) is 3. The molecule has 0 radical (unpaired) electrons. The number of para-hydroxylation sites is 1. The van der Waals surface area contributed by atoms with Crippen LogP contribution in [0, 0.1) is 5.82 Å². The zero-order valence-corrected chi connectivity index (χ0v) is 16.3. The summed E-state index contributed by atoms with van der Waals surface area (Å²) < 4.78 is 21.5. The Balaban J connectivity index is 1.87. The summed E-state index contributed by atoms with van der Waals surface area (Å²) in [6.07, 6.45) is 0. The van der Waals surface area contributed by atoms with Crippen LogP contribution in [0.25, 0.3) is 11.4 Å². The molecule has 0 unspecified atom stereocenters. The molecule has 0 atom stereocenters. The van der Waals surface area contributed by atoms with Gasteiger partial charge in [-0.05, 0) is 36.8 Å². The Morgan fingerprint density at radius 2 is 2.00 bits per heavy atom. The molecular formula is C18H17BrFN3OS. The maximum Gasteiger partial charge on any atom is 0.191 e. The number of ether oxygens (including phenoxy) is 1. The van der Waals surface area contributed by atoms with E-state index < -0.39 is 0 Å². The minimum atomic E-state index is -0.254. The van der Waals surface area contributed by atoms with Crippen molar-refractivity contribution in [1.82, 2.24) is 14.8 Å². The summed E-state index contributed by atoms with van der Waals surface area (Å²) in [5, 5.41) is 9.51. The highest BCUT2D eigenvalue weighted by molar-refractivity contribution is 9.10. The van der Waals surface area contributed by atoms with E-state index in [1.807, 2.05) is 24.3 Å². The van der Waals surface area contributed by atoms with Gasteiger partial charge in [0.25, 0.3) is 0 Å². The second-order valence-corrected chi connectivity index (χ2v) is 7.07. The van der Waals surface area contributed by atoms with Gasteiger partial charge in [-0.25, -0.2) is 4.39 Å². The standard InChI is InChI=1S/C18H17BrFN3OS/c1-3-23-17(14-6-4-5-7-16(14)24-2)21-22-18(23)25-11-12-8-9-13(20)10-15(12)19/h4-10H,3,11H2,1-2H3. The highest BCUT2D eigenvalue weighted by atomic mass is 79.9. The number of hydrogen-bond acceptors (Lipinski definition) is 4. The van der Waals surface area contributed by atoms with Gasteiger partial charge in [-0.3, -0.25) is 0 Å². The Labute approximate surface area is 158 Å². The normalized spacial score (nSPS) is 10.9. The van der Waals surface area contributed by atoms with Gasteiger partial charge in [0.2, 0.25) is 0 Å². The Morgan fingerprint density at radius 3 is 2.72 bits per heavy atom. The van der Waals surface area contributed by atoms with Crippen molar-refractivity contribution in [2.75, 3.05) is 7.11 Å². The second kappa shape index (κ2) is 8.01. The molecule has 0 bridgehead atoms. The lowest BCUT2D eigenvalue weighted by atomic mass is 10.2. The van der Waals surface area contributed by atoms with E-state index in [2.05, 4.69) is 37.6 Å². The Morgan fingerprint density at radius 1 is 1.20 bits per heavy atom. The van der Waals surface area contributed by atoms with E-state index in [1.54, 1.807) is 24.9 Å². The molecule has 2 aromatic carbocycles. The highest BCUT2D eigenvalue weighted by Gasteiger charge is 2.16. The van der Waals surface area contributed by atoms with Crippen LogP contribution in [0.3, 0.4) is 0 Å². The fourth-order valence-electron chi connectivity index (χ4n) is 2.49. The molecule has 1 heterocycles. The van der Waals surface area contributed by atoms with Gasteiger partial charge in [0.1, 0.15) is 11.6 Å². The zero-order valence-electron chi connectivity index (χ0n) is 13.9. The van der Waals surface area contributed by atoms with Gasteiger partial charge >= 0.3 is 0 Å². The summed E-state index contributed by atoms with van der Waals surface area (Å²) in [4.78, 5) is 0. The lowest BCUT2D eigenvalue weighted by Crippen LogP contribution is -2.01. The quantitative estimate of drug-likeness (QED) is 0.514. The third-order valence-electron chi connectivity index (χ3n) is 3.75. The molecule has 0 aliphatic rings. The van der Waals surface area contributed by atoms with Crippen molar-refractivity contribution >= 4 is 27.7 Å². The molecule has 130 valence electrons. The Kier molecular flexibility index (Phi) is 5.75. The van der Waals surface area contributed by atoms with E-state index in [0.717, 1.165) is 38.9 Å². The van der Waals surface area contributed by atoms with Crippen molar-refractivity contribution in [2.45, 2.75) is 24.4 Å². The predicted octanol–water partition coefficient (Wildman–Crippen LogP) is 5.17. The topological polar surface area (TPSA) is 39.9 Å². The molecule has 7 heteroatoms. The van der Waals surface area contributed by atoms with E-state index >= 15 is 0 Å². The molecule has 0 aliphatic heterocycles. The van der Waals surface area contributed by atoms with Crippen molar-refractivity contribution in [3.63, 3.8) is 0 Å². The molecule has 1 aromatic heterocycles. The van der Waals surface area contributed by atoms with Crippen LogP contribution in [0.1, 0.15) is 12.5 Å². The van der Waals surface area contributed by atoms with Crippen LogP contribution in [0.4, 0.5) is 4.39 Å². The number of aromatic nitrogens is 3. The minimum absolute atomic E-state index is 0.254. The number of rotatable bonds is 6. The van der Waals surface area contributed by atoms with E-state index in [0.29, 0.717) is 5.75 Å². The van der Waals surface area contributed by atoms with Crippen LogP contribution in [0.2, 0.25) is 0 Å². The van der Waals surface area contributed by atoms with Crippen molar-refractivity contribution < 1.29 is 9.13 Å². The summed E-state index contributed by atoms with van der Waals surface area (Å²) >= 11 is 4.97. The summed E-state index contributed by atoms with van der Waals surface area (Å²) in [5.41, 5.74) is 1.92. The van der Waals surface area contributed by atoms with Crippen LogP contribution in [-0.4, -0.2) is 21.9 Å². The lowest BCUT2D eigenvalue weighted by Gasteiger charge is -2.10. The molecule has 25 heavy (non-hydrogen) atoms. The first-order valence-corrected chi connectivity index (χ1v) is 9.55. The summed E-state index contributed by atoms with van der Waals surface area (Å²) in [5.74, 6) is 1.96. The molecule has 0 aliphatic carbocycles. The first-order valence-electron chi connectivity index (χ1n) is 7.77. The number of methoxy groups -OCH3 is 1. The third kappa shape index (κ3) is 3.88. The van der Waals surface area contributed by atoms with Gasteiger partial charge in [-0.2, -0.15) is 0 Å². The fourth-order valence-corrected chi connectivity index (χ4v) is 4.17. The number of benzene rings is 2. The largest absolute Gasteiger partial charge is 0.496 e. The van der Waals surface area contributed by atoms with Gasteiger partial charge in [0.15, 0.2) is 11.0 Å².